The lowest BCUT2D eigenvalue weighted by molar-refractivity contribution is -0.134. The van der Waals surface area contributed by atoms with Crippen LogP contribution in [0.2, 0.25) is 5.02 Å². The van der Waals surface area contributed by atoms with Gasteiger partial charge in [0.15, 0.2) is 6.61 Å². The first-order valence-electron chi connectivity index (χ1n) is 7.47. The fraction of sp³-hybridized carbons (Fsp3) is 0.278. The number of rotatable bonds is 4. The molecule has 0 unspecified atom stereocenters. The highest BCUT2D eigenvalue weighted by Gasteiger charge is 2.21. The number of carbonyl (C=O) groups is 1. The molecule has 4 nitrogen and oxygen atoms in total. The molecule has 0 aromatic heterocycles. The van der Waals surface area contributed by atoms with Crippen LogP contribution in [0.25, 0.3) is 0 Å². The SMILES string of the molecule is COc1ccc2c(c1)CCN(C(=O)COc1ccc(Cl)cc1)C2. The summed E-state index contributed by atoms with van der Waals surface area (Å²) in [5.74, 6) is 1.49. The summed E-state index contributed by atoms with van der Waals surface area (Å²) in [6, 6.07) is 13.0. The second-order valence-corrected chi connectivity index (χ2v) is 5.88. The van der Waals surface area contributed by atoms with Gasteiger partial charge < -0.3 is 14.4 Å². The third-order valence-electron chi connectivity index (χ3n) is 3.95. The van der Waals surface area contributed by atoms with E-state index in [-0.39, 0.29) is 12.5 Å². The van der Waals surface area contributed by atoms with Crippen LogP contribution in [0.3, 0.4) is 0 Å². The molecule has 0 atom stereocenters. The molecule has 5 heteroatoms. The van der Waals surface area contributed by atoms with Crippen LogP contribution in [0.1, 0.15) is 11.1 Å². The fourth-order valence-electron chi connectivity index (χ4n) is 2.64. The third-order valence-corrected chi connectivity index (χ3v) is 4.21. The van der Waals surface area contributed by atoms with Crippen molar-refractivity contribution in [3.8, 4) is 11.5 Å². The number of nitrogens with zero attached hydrogens (tertiary/aromatic N) is 1. The van der Waals surface area contributed by atoms with E-state index in [0.717, 1.165) is 17.7 Å². The molecule has 0 fully saturated rings. The van der Waals surface area contributed by atoms with Gasteiger partial charge in [0.2, 0.25) is 0 Å². The average Bonchev–Trinajstić information content (AvgIpc) is 2.60. The molecule has 0 spiro atoms. The van der Waals surface area contributed by atoms with Crippen LogP contribution < -0.4 is 9.47 Å². The molecule has 1 amide bonds. The maximum atomic E-state index is 12.3. The maximum Gasteiger partial charge on any atom is 0.260 e. The molecule has 1 aliphatic rings. The Morgan fingerprint density at radius 1 is 1.13 bits per heavy atom. The van der Waals surface area contributed by atoms with Crippen LogP contribution >= 0.6 is 11.6 Å². The van der Waals surface area contributed by atoms with Gasteiger partial charge in [-0.05, 0) is 53.9 Å². The van der Waals surface area contributed by atoms with Crippen molar-refractivity contribution in [1.82, 2.24) is 4.90 Å². The number of carbonyl (C=O) groups excluding carboxylic acids is 1. The first kappa shape index (κ1) is 15.7. The predicted octanol–water partition coefficient (Wildman–Crippen LogP) is 3.31. The van der Waals surface area contributed by atoms with Crippen molar-refractivity contribution in [3.63, 3.8) is 0 Å². The molecular weight excluding hydrogens is 314 g/mol. The number of hydrogen-bond acceptors (Lipinski definition) is 3. The van der Waals surface area contributed by atoms with E-state index in [0.29, 0.717) is 23.9 Å². The smallest absolute Gasteiger partial charge is 0.260 e. The molecule has 1 heterocycles. The number of fused-ring (bicyclic) bond motifs is 1. The van der Waals surface area contributed by atoms with Crippen molar-refractivity contribution in [3.05, 3.63) is 58.6 Å². The first-order valence-corrected chi connectivity index (χ1v) is 7.85. The van der Waals surface area contributed by atoms with E-state index in [1.54, 1.807) is 31.4 Å². The van der Waals surface area contributed by atoms with Gasteiger partial charge in [-0.1, -0.05) is 17.7 Å². The Kier molecular flexibility index (Phi) is 4.72. The van der Waals surface area contributed by atoms with Crippen molar-refractivity contribution in [2.24, 2.45) is 0 Å². The lowest BCUT2D eigenvalue weighted by Crippen LogP contribution is -2.38. The van der Waals surface area contributed by atoms with Gasteiger partial charge in [-0.25, -0.2) is 0 Å². The van der Waals surface area contributed by atoms with Crippen LogP contribution in [0.5, 0.6) is 11.5 Å². The average molecular weight is 332 g/mol. The molecule has 2 aromatic carbocycles. The number of amides is 1. The topological polar surface area (TPSA) is 38.8 Å². The molecular formula is C18H18ClNO3. The second-order valence-electron chi connectivity index (χ2n) is 5.44. The van der Waals surface area contributed by atoms with Crippen molar-refractivity contribution in [2.45, 2.75) is 13.0 Å². The number of benzene rings is 2. The standard InChI is InChI=1S/C18H18ClNO3/c1-22-17-5-2-14-11-20(9-8-13(14)10-17)18(21)12-23-16-6-3-15(19)4-7-16/h2-7,10H,8-9,11-12H2,1H3. The van der Waals surface area contributed by atoms with Gasteiger partial charge in [0.05, 0.1) is 7.11 Å². The summed E-state index contributed by atoms with van der Waals surface area (Å²) in [6.07, 6.45) is 0.833. The van der Waals surface area contributed by atoms with Gasteiger partial charge in [-0.15, -0.1) is 0 Å². The number of methoxy groups -OCH3 is 1. The Balaban J connectivity index is 1.59. The molecule has 0 saturated carbocycles. The van der Waals surface area contributed by atoms with Gasteiger partial charge in [-0.3, -0.25) is 4.79 Å². The molecule has 0 radical (unpaired) electrons. The van der Waals surface area contributed by atoms with Crippen molar-refractivity contribution in [2.75, 3.05) is 20.3 Å². The van der Waals surface area contributed by atoms with Crippen LogP contribution in [-0.4, -0.2) is 31.1 Å². The van der Waals surface area contributed by atoms with E-state index < -0.39 is 0 Å². The van der Waals surface area contributed by atoms with E-state index in [4.69, 9.17) is 21.1 Å². The van der Waals surface area contributed by atoms with E-state index in [1.807, 2.05) is 23.1 Å². The molecule has 23 heavy (non-hydrogen) atoms. The van der Waals surface area contributed by atoms with Gasteiger partial charge >= 0.3 is 0 Å². The summed E-state index contributed by atoms with van der Waals surface area (Å²) in [4.78, 5) is 14.1. The third kappa shape index (κ3) is 3.77. The van der Waals surface area contributed by atoms with E-state index in [2.05, 4.69) is 0 Å². The summed E-state index contributed by atoms with van der Waals surface area (Å²) in [6.45, 7) is 1.35. The van der Waals surface area contributed by atoms with E-state index >= 15 is 0 Å². The van der Waals surface area contributed by atoms with Gasteiger partial charge in [0.25, 0.3) is 5.91 Å². The van der Waals surface area contributed by atoms with Crippen molar-refractivity contribution in [1.29, 1.82) is 0 Å². The second kappa shape index (κ2) is 6.92. The minimum absolute atomic E-state index is 0.0126. The number of hydrogen-bond donors (Lipinski definition) is 0. The number of halogens is 1. The normalized spacial score (nSPS) is 13.4. The minimum atomic E-state index is -0.0126. The molecule has 2 aromatic rings. The molecule has 0 bridgehead atoms. The monoisotopic (exact) mass is 331 g/mol. The Morgan fingerprint density at radius 2 is 1.87 bits per heavy atom. The van der Waals surface area contributed by atoms with Crippen molar-refractivity contribution >= 4 is 17.5 Å². The quantitative estimate of drug-likeness (QED) is 0.862. The fourth-order valence-corrected chi connectivity index (χ4v) is 2.76. The molecule has 0 aliphatic carbocycles. The highest BCUT2D eigenvalue weighted by Crippen LogP contribution is 2.24. The summed E-state index contributed by atoms with van der Waals surface area (Å²) >= 11 is 5.83. The van der Waals surface area contributed by atoms with Crippen LogP contribution in [0, 0.1) is 0 Å². The summed E-state index contributed by atoms with van der Waals surface area (Å²) in [5, 5.41) is 0.645. The van der Waals surface area contributed by atoms with Gasteiger partial charge in [0.1, 0.15) is 11.5 Å². The minimum Gasteiger partial charge on any atom is -0.497 e. The zero-order valence-electron chi connectivity index (χ0n) is 12.9. The Morgan fingerprint density at radius 3 is 2.61 bits per heavy atom. The summed E-state index contributed by atoms with van der Waals surface area (Å²) < 4.78 is 10.8. The Labute approximate surface area is 140 Å². The lowest BCUT2D eigenvalue weighted by Gasteiger charge is -2.29. The van der Waals surface area contributed by atoms with Crippen LogP contribution in [-0.2, 0) is 17.8 Å². The molecule has 0 N–H and O–H groups in total. The predicted molar refractivity (Wildman–Crippen MR) is 89.1 cm³/mol. The van der Waals surface area contributed by atoms with E-state index in [9.17, 15) is 4.79 Å². The van der Waals surface area contributed by atoms with Gasteiger partial charge in [-0.2, -0.15) is 0 Å². The summed E-state index contributed by atoms with van der Waals surface area (Å²) in [5.41, 5.74) is 2.41. The number of ether oxygens (including phenoxy) is 2. The largest absolute Gasteiger partial charge is 0.497 e. The molecule has 1 aliphatic heterocycles. The molecule has 3 rings (SSSR count). The van der Waals surface area contributed by atoms with Crippen LogP contribution in [0.15, 0.2) is 42.5 Å². The van der Waals surface area contributed by atoms with E-state index in [1.165, 1.54) is 5.56 Å². The highest BCUT2D eigenvalue weighted by molar-refractivity contribution is 6.30. The van der Waals surface area contributed by atoms with Crippen molar-refractivity contribution < 1.29 is 14.3 Å². The molecule has 120 valence electrons. The summed E-state index contributed by atoms with van der Waals surface area (Å²) in [7, 11) is 1.66. The lowest BCUT2D eigenvalue weighted by atomic mass is 9.99. The Bertz CT molecular complexity index is 700. The first-order chi connectivity index (χ1) is 11.2. The highest BCUT2D eigenvalue weighted by atomic mass is 35.5. The Hall–Kier alpha value is -2.20. The maximum absolute atomic E-state index is 12.3. The molecule has 0 saturated heterocycles. The zero-order valence-corrected chi connectivity index (χ0v) is 13.7. The van der Waals surface area contributed by atoms with Gasteiger partial charge in [0, 0.05) is 18.1 Å². The zero-order chi connectivity index (χ0) is 16.2. The van der Waals surface area contributed by atoms with Crippen LogP contribution in [0.4, 0.5) is 0 Å².